The van der Waals surface area contributed by atoms with Gasteiger partial charge in [0.05, 0.1) is 0 Å². The van der Waals surface area contributed by atoms with Gasteiger partial charge in [0.2, 0.25) is 5.78 Å². The van der Waals surface area contributed by atoms with Gasteiger partial charge >= 0.3 is 0 Å². The second-order valence-electron chi connectivity index (χ2n) is 6.70. The maximum absolute atomic E-state index is 13.0. The molecule has 0 aliphatic rings. The molecule has 1 N–H and O–H groups in total. The Morgan fingerprint density at radius 1 is 1.25 bits per heavy atom. The zero-order valence-electron chi connectivity index (χ0n) is 15.8. The third kappa shape index (κ3) is 2.83. The molecule has 0 fully saturated rings. The van der Waals surface area contributed by atoms with Crippen LogP contribution in [-0.2, 0) is 0 Å². The number of carbonyl (C=O) groups is 1. The summed E-state index contributed by atoms with van der Waals surface area (Å²) in [6.45, 7) is 5.70. The Kier molecular flexibility index (Phi) is 4.21. The number of nitriles is 1. The molecule has 28 heavy (non-hydrogen) atoms. The highest BCUT2D eigenvalue weighted by molar-refractivity contribution is 6.19. The first-order valence-electron chi connectivity index (χ1n) is 8.85. The Bertz CT molecular complexity index is 1280. The quantitative estimate of drug-likeness (QED) is 0.321. The maximum Gasteiger partial charge on any atom is 0.205 e. The predicted molar refractivity (Wildman–Crippen MR) is 106 cm³/mol. The van der Waals surface area contributed by atoms with Crippen LogP contribution in [0, 0.1) is 32.1 Å². The number of para-hydroxylation sites is 1. The zero-order chi connectivity index (χ0) is 19.8. The standard InChI is InChI=1S/C22H18N4O2/c1-13-8-16(15(3)26(13)21-9-14(2)28-25-21)10-17(11-23)22(27)19-12-24-20-7-5-4-6-18(19)20/h4-10,12,24H,1-3H3/b17-10+. The van der Waals surface area contributed by atoms with Crippen molar-refractivity contribution in [2.24, 2.45) is 0 Å². The van der Waals surface area contributed by atoms with Crippen molar-refractivity contribution in [3.05, 3.63) is 76.4 Å². The van der Waals surface area contributed by atoms with Gasteiger partial charge in [0.15, 0.2) is 5.82 Å². The van der Waals surface area contributed by atoms with Gasteiger partial charge in [0.1, 0.15) is 17.4 Å². The molecule has 0 radical (unpaired) electrons. The number of benzene rings is 1. The Hall–Kier alpha value is -3.85. The van der Waals surface area contributed by atoms with E-state index >= 15 is 0 Å². The maximum atomic E-state index is 13.0. The molecule has 6 nitrogen and oxygen atoms in total. The van der Waals surface area contributed by atoms with E-state index in [1.807, 2.05) is 61.7 Å². The summed E-state index contributed by atoms with van der Waals surface area (Å²) in [5.41, 5.74) is 4.05. The van der Waals surface area contributed by atoms with Crippen LogP contribution in [0.2, 0.25) is 0 Å². The molecule has 0 saturated heterocycles. The van der Waals surface area contributed by atoms with Crippen molar-refractivity contribution in [3.8, 4) is 11.9 Å². The van der Waals surface area contributed by atoms with Crippen LogP contribution in [0.3, 0.4) is 0 Å². The van der Waals surface area contributed by atoms with Crippen LogP contribution >= 0.6 is 0 Å². The Balaban J connectivity index is 1.77. The summed E-state index contributed by atoms with van der Waals surface area (Å²) < 4.78 is 7.11. The van der Waals surface area contributed by atoms with E-state index in [0.29, 0.717) is 17.1 Å². The fraction of sp³-hybridized carbons (Fsp3) is 0.136. The number of Topliss-reactive ketones (excluding diaryl/α,β-unsaturated/α-hetero) is 1. The number of nitrogens with zero attached hydrogens (tertiary/aromatic N) is 3. The molecule has 3 aromatic heterocycles. The highest BCUT2D eigenvalue weighted by Crippen LogP contribution is 2.25. The van der Waals surface area contributed by atoms with Crippen LogP contribution in [-0.4, -0.2) is 20.5 Å². The number of ketones is 1. The third-order valence-corrected chi connectivity index (χ3v) is 4.81. The highest BCUT2D eigenvalue weighted by Gasteiger charge is 2.18. The molecule has 1 aromatic carbocycles. The molecule has 0 unspecified atom stereocenters. The second-order valence-corrected chi connectivity index (χ2v) is 6.70. The number of carbonyl (C=O) groups excluding carboxylic acids is 1. The summed E-state index contributed by atoms with van der Waals surface area (Å²) in [5.74, 6) is 1.09. The van der Waals surface area contributed by atoms with Crippen molar-refractivity contribution < 1.29 is 9.32 Å². The van der Waals surface area contributed by atoms with Gasteiger partial charge in [-0.15, -0.1) is 0 Å². The minimum absolute atomic E-state index is 0.0846. The molecule has 0 aliphatic carbocycles. The molecule has 0 spiro atoms. The molecule has 138 valence electrons. The molecule has 0 saturated carbocycles. The number of rotatable bonds is 4. The van der Waals surface area contributed by atoms with E-state index in [9.17, 15) is 10.1 Å². The molecule has 0 aliphatic heterocycles. The largest absolute Gasteiger partial charge is 0.360 e. The number of allylic oxidation sites excluding steroid dienone is 1. The Labute approximate surface area is 161 Å². The molecule has 4 rings (SSSR count). The lowest BCUT2D eigenvalue weighted by Gasteiger charge is -2.04. The van der Waals surface area contributed by atoms with Gasteiger partial charge in [-0.2, -0.15) is 5.26 Å². The minimum atomic E-state index is -0.304. The fourth-order valence-electron chi connectivity index (χ4n) is 3.45. The number of fused-ring (bicyclic) bond motifs is 1. The van der Waals surface area contributed by atoms with E-state index in [2.05, 4.69) is 16.2 Å². The molecule has 6 heteroatoms. The van der Waals surface area contributed by atoms with Gasteiger partial charge in [-0.1, -0.05) is 23.4 Å². The van der Waals surface area contributed by atoms with Crippen molar-refractivity contribution in [3.63, 3.8) is 0 Å². The number of aromatic nitrogens is 3. The van der Waals surface area contributed by atoms with Crippen LogP contribution in [0.15, 0.2) is 52.7 Å². The Morgan fingerprint density at radius 2 is 2.04 bits per heavy atom. The first-order chi connectivity index (χ1) is 13.5. The highest BCUT2D eigenvalue weighted by atomic mass is 16.5. The topological polar surface area (TPSA) is 87.6 Å². The van der Waals surface area contributed by atoms with Crippen molar-refractivity contribution in [2.45, 2.75) is 20.8 Å². The molecule has 0 atom stereocenters. The SMILES string of the molecule is Cc1cc(-n2c(C)cc(/C=C(\C#N)C(=O)c3c[nH]c4ccccc34)c2C)no1. The van der Waals surface area contributed by atoms with Crippen LogP contribution in [0.5, 0.6) is 0 Å². The number of hydrogen-bond acceptors (Lipinski definition) is 4. The number of hydrogen-bond donors (Lipinski definition) is 1. The second kappa shape index (κ2) is 6.71. The van der Waals surface area contributed by atoms with Crippen LogP contribution < -0.4 is 0 Å². The van der Waals surface area contributed by atoms with Crippen LogP contribution in [0.4, 0.5) is 0 Å². The summed E-state index contributed by atoms with van der Waals surface area (Å²) in [6.07, 6.45) is 3.29. The van der Waals surface area contributed by atoms with Crippen LogP contribution in [0.25, 0.3) is 22.8 Å². The smallest absolute Gasteiger partial charge is 0.205 e. The summed E-state index contributed by atoms with van der Waals surface area (Å²) in [5, 5.41) is 14.5. The number of aryl methyl sites for hydroxylation is 2. The molecule has 4 aromatic rings. The normalized spacial score (nSPS) is 11.7. The number of nitrogens with one attached hydrogen (secondary N) is 1. The van der Waals surface area contributed by atoms with E-state index in [1.165, 1.54) is 0 Å². The molecule has 0 bridgehead atoms. The lowest BCUT2D eigenvalue weighted by Crippen LogP contribution is -2.02. The summed E-state index contributed by atoms with van der Waals surface area (Å²) in [6, 6.07) is 13.4. The van der Waals surface area contributed by atoms with Gasteiger partial charge < -0.3 is 9.51 Å². The first-order valence-corrected chi connectivity index (χ1v) is 8.85. The zero-order valence-corrected chi connectivity index (χ0v) is 15.8. The van der Waals surface area contributed by atoms with E-state index in [4.69, 9.17) is 4.52 Å². The van der Waals surface area contributed by atoms with Gasteiger partial charge in [-0.3, -0.25) is 9.36 Å². The summed E-state index contributed by atoms with van der Waals surface area (Å²) in [7, 11) is 0. The van der Waals surface area contributed by atoms with Crippen molar-refractivity contribution in [1.29, 1.82) is 5.26 Å². The number of aromatic amines is 1. The molecular formula is C22H18N4O2. The third-order valence-electron chi connectivity index (χ3n) is 4.81. The average molecular weight is 370 g/mol. The van der Waals surface area contributed by atoms with Crippen molar-refractivity contribution in [2.75, 3.05) is 0 Å². The van der Waals surface area contributed by atoms with E-state index in [-0.39, 0.29) is 11.4 Å². The monoisotopic (exact) mass is 370 g/mol. The summed E-state index contributed by atoms with van der Waals surface area (Å²) >= 11 is 0. The van der Waals surface area contributed by atoms with E-state index < -0.39 is 0 Å². The molecule has 3 heterocycles. The predicted octanol–water partition coefficient (Wildman–Crippen LogP) is 4.66. The van der Waals surface area contributed by atoms with Crippen molar-refractivity contribution >= 4 is 22.8 Å². The fourth-order valence-corrected chi connectivity index (χ4v) is 3.45. The van der Waals surface area contributed by atoms with Crippen LogP contribution in [0.1, 0.15) is 33.1 Å². The van der Waals surface area contributed by atoms with Crippen molar-refractivity contribution in [1.82, 2.24) is 14.7 Å². The Morgan fingerprint density at radius 3 is 2.75 bits per heavy atom. The van der Waals surface area contributed by atoms with Gasteiger partial charge in [0.25, 0.3) is 0 Å². The first kappa shape index (κ1) is 17.6. The van der Waals surface area contributed by atoms with Gasteiger partial charge in [-0.25, -0.2) is 0 Å². The number of H-pyrrole nitrogens is 1. The van der Waals surface area contributed by atoms with Gasteiger partial charge in [-0.05, 0) is 44.5 Å². The van der Waals surface area contributed by atoms with E-state index in [0.717, 1.165) is 27.9 Å². The lowest BCUT2D eigenvalue weighted by atomic mass is 10.0. The van der Waals surface area contributed by atoms with Gasteiger partial charge in [0, 0.05) is 40.1 Å². The van der Waals surface area contributed by atoms with E-state index in [1.54, 1.807) is 12.3 Å². The molecular weight excluding hydrogens is 352 g/mol. The lowest BCUT2D eigenvalue weighted by molar-refractivity contribution is 0.104. The minimum Gasteiger partial charge on any atom is -0.360 e. The summed E-state index contributed by atoms with van der Waals surface area (Å²) in [4.78, 5) is 16.1. The molecule has 0 amide bonds. The average Bonchev–Trinajstić information content (AvgIpc) is 3.37.